The molecule has 5 nitrogen and oxygen atoms in total. The number of rotatable bonds is 4. The van der Waals surface area contributed by atoms with Crippen molar-refractivity contribution in [1.82, 2.24) is 14.9 Å². The first-order valence-electron chi connectivity index (χ1n) is 8.20. The van der Waals surface area contributed by atoms with E-state index in [1.54, 1.807) is 12.3 Å². The Morgan fingerprint density at radius 1 is 1.04 bits per heavy atom. The first-order chi connectivity index (χ1) is 12.0. The highest BCUT2D eigenvalue weighted by Gasteiger charge is 2.29. The Hall–Kier alpha value is -2.35. The molecule has 0 saturated carbocycles. The molecular weight excluding hydrogens is 331 g/mol. The van der Waals surface area contributed by atoms with Crippen LogP contribution in [0.2, 0.25) is 0 Å². The third-order valence-corrected chi connectivity index (χ3v) is 4.23. The van der Waals surface area contributed by atoms with Crippen LogP contribution in [0.5, 0.6) is 0 Å². The molecule has 1 aromatic carbocycles. The summed E-state index contributed by atoms with van der Waals surface area (Å²) in [6.45, 7) is 6.83. The molecule has 0 bridgehead atoms. The average Bonchev–Trinajstić information content (AvgIpc) is 2.62. The maximum absolute atomic E-state index is 12.6. The number of hydrogen-bond donors (Lipinski definition) is 1. The van der Waals surface area contributed by atoms with Crippen molar-refractivity contribution in [3.63, 3.8) is 0 Å². The van der Waals surface area contributed by atoms with Gasteiger partial charge in [0, 0.05) is 38.1 Å². The lowest BCUT2D eigenvalue weighted by molar-refractivity contribution is -0.137. The van der Waals surface area contributed by atoms with E-state index in [9.17, 15) is 13.2 Å². The van der Waals surface area contributed by atoms with E-state index in [2.05, 4.69) is 32.0 Å². The number of nitrogens with one attached hydrogen (secondary N) is 1. The van der Waals surface area contributed by atoms with E-state index in [0.717, 1.165) is 44.9 Å². The molecule has 1 aliphatic heterocycles. The van der Waals surface area contributed by atoms with Crippen molar-refractivity contribution in [2.24, 2.45) is 0 Å². The Kier molecular flexibility index (Phi) is 5.08. The van der Waals surface area contributed by atoms with Gasteiger partial charge in [0.2, 0.25) is 5.95 Å². The molecule has 3 rings (SSSR count). The Morgan fingerprint density at radius 3 is 2.32 bits per heavy atom. The third-order valence-electron chi connectivity index (χ3n) is 4.23. The van der Waals surface area contributed by atoms with Gasteiger partial charge in [-0.1, -0.05) is 6.92 Å². The van der Waals surface area contributed by atoms with Gasteiger partial charge in [0.15, 0.2) is 0 Å². The second-order valence-corrected chi connectivity index (χ2v) is 5.86. The average molecular weight is 351 g/mol. The molecule has 2 heterocycles. The minimum atomic E-state index is -4.33. The van der Waals surface area contributed by atoms with Crippen LogP contribution in [0.15, 0.2) is 36.5 Å². The maximum Gasteiger partial charge on any atom is 0.416 e. The van der Waals surface area contributed by atoms with Crippen LogP contribution in [-0.2, 0) is 6.18 Å². The van der Waals surface area contributed by atoms with Crippen LogP contribution in [-0.4, -0.2) is 47.6 Å². The fourth-order valence-corrected chi connectivity index (χ4v) is 2.72. The fourth-order valence-electron chi connectivity index (χ4n) is 2.72. The van der Waals surface area contributed by atoms with E-state index in [1.165, 1.54) is 12.1 Å². The molecule has 0 aliphatic carbocycles. The number of piperazine rings is 1. The molecule has 2 aromatic rings. The van der Waals surface area contributed by atoms with Crippen molar-refractivity contribution in [2.45, 2.75) is 13.1 Å². The summed E-state index contributed by atoms with van der Waals surface area (Å²) in [7, 11) is 0. The third kappa shape index (κ3) is 4.39. The SMILES string of the molecule is CCN1CCN(c2nccc(Nc3ccc(C(F)(F)F)cc3)n2)CC1. The summed E-state index contributed by atoms with van der Waals surface area (Å²) < 4.78 is 37.8. The predicted molar refractivity (Wildman–Crippen MR) is 91.1 cm³/mol. The van der Waals surface area contributed by atoms with E-state index >= 15 is 0 Å². The van der Waals surface area contributed by atoms with Crippen LogP contribution in [0.3, 0.4) is 0 Å². The van der Waals surface area contributed by atoms with Crippen molar-refractivity contribution in [1.29, 1.82) is 0 Å². The molecular formula is C17H20F3N5. The van der Waals surface area contributed by atoms with Crippen molar-refractivity contribution < 1.29 is 13.2 Å². The molecule has 0 amide bonds. The van der Waals surface area contributed by atoms with Gasteiger partial charge >= 0.3 is 6.18 Å². The fraction of sp³-hybridized carbons (Fsp3) is 0.412. The van der Waals surface area contributed by atoms with Gasteiger partial charge in [-0.15, -0.1) is 0 Å². The summed E-state index contributed by atoms with van der Waals surface area (Å²) in [4.78, 5) is 13.3. The van der Waals surface area contributed by atoms with Crippen LogP contribution in [0.25, 0.3) is 0 Å². The van der Waals surface area contributed by atoms with Crippen molar-refractivity contribution in [2.75, 3.05) is 42.9 Å². The number of benzene rings is 1. The number of halogens is 3. The van der Waals surface area contributed by atoms with E-state index in [-0.39, 0.29) is 0 Å². The van der Waals surface area contributed by atoms with E-state index in [0.29, 0.717) is 17.5 Å². The summed E-state index contributed by atoms with van der Waals surface area (Å²) in [6, 6.07) is 6.58. The van der Waals surface area contributed by atoms with E-state index < -0.39 is 11.7 Å². The number of nitrogens with zero attached hydrogens (tertiary/aromatic N) is 4. The molecule has 0 unspecified atom stereocenters. The number of alkyl halides is 3. The smallest absolute Gasteiger partial charge is 0.340 e. The highest BCUT2D eigenvalue weighted by Crippen LogP contribution is 2.30. The van der Waals surface area contributed by atoms with Crippen molar-refractivity contribution in [3.05, 3.63) is 42.1 Å². The maximum atomic E-state index is 12.6. The topological polar surface area (TPSA) is 44.3 Å². The molecule has 0 spiro atoms. The van der Waals surface area contributed by atoms with Gasteiger partial charge in [-0.05, 0) is 36.9 Å². The normalized spacial score (nSPS) is 16.1. The quantitative estimate of drug-likeness (QED) is 0.915. The van der Waals surface area contributed by atoms with E-state index in [4.69, 9.17) is 0 Å². The van der Waals surface area contributed by atoms with Crippen LogP contribution >= 0.6 is 0 Å². The van der Waals surface area contributed by atoms with Crippen LogP contribution in [0, 0.1) is 0 Å². The molecule has 0 radical (unpaired) electrons. The largest absolute Gasteiger partial charge is 0.416 e. The highest BCUT2D eigenvalue weighted by atomic mass is 19.4. The zero-order valence-corrected chi connectivity index (χ0v) is 13.9. The minimum Gasteiger partial charge on any atom is -0.340 e. The summed E-state index contributed by atoms with van der Waals surface area (Å²) in [6.07, 6.45) is -2.68. The van der Waals surface area contributed by atoms with Gasteiger partial charge in [-0.2, -0.15) is 18.2 Å². The summed E-state index contributed by atoms with van der Waals surface area (Å²) in [5, 5.41) is 3.03. The molecule has 0 atom stereocenters. The molecule has 1 N–H and O–H groups in total. The molecule has 25 heavy (non-hydrogen) atoms. The Morgan fingerprint density at radius 2 is 1.72 bits per heavy atom. The van der Waals surface area contributed by atoms with Gasteiger partial charge in [-0.25, -0.2) is 4.98 Å². The lowest BCUT2D eigenvalue weighted by Gasteiger charge is -2.34. The molecule has 8 heteroatoms. The summed E-state index contributed by atoms with van der Waals surface area (Å²) >= 11 is 0. The van der Waals surface area contributed by atoms with Gasteiger partial charge < -0.3 is 15.1 Å². The monoisotopic (exact) mass is 351 g/mol. The highest BCUT2D eigenvalue weighted by molar-refractivity contribution is 5.57. The zero-order chi connectivity index (χ0) is 17.9. The van der Waals surface area contributed by atoms with Gasteiger partial charge in [-0.3, -0.25) is 0 Å². The first kappa shape index (κ1) is 17.5. The van der Waals surface area contributed by atoms with E-state index in [1.807, 2.05) is 0 Å². The molecule has 134 valence electrons. The number of likely N-dealkylation sites (N-methyl/N-ethyl adjacent to an activating group) is 1. The van der Waals surface area contributed by atoms with Crippen LogP contribution in [0.4, 0.5) is 30.6 Å². The lowest BCUT2D eigenvalue weighted by Crippen LogP contribution is -2.46. The minimum absolute atomic E-state index is 0.549. The summed E-state index contributed by atoms with van der Waals surface area (Å²) in [5.74, 6) is 1.19. The summed E-state index contributed by atoms with van der Waals surface area (Å²) in [5.41, 5.74) is -0.122. The predicted octanol–water partition coefficient (Wildman–Crippen LogP) is 3.38. The van der Waals surface area contributed by atoms with Crippen molar-refractivity contribution in [3.8, 4) is 0 Å². The molecule has 1 fully saturated rings. The number of hydrogen-bond acceptors (Lipinski definition) is 5. The Bertz CT molecular complexity index is 694. The molecule has 1 saturated heterocycles. The van der Waals surface area contributed by atoms with Crippen molar-refractivity contribution >= 4 is 17.5 Å². The zero-order valence-electron chi connectivity index (χ0n) is 13.9. The van der Waals surface area contributed by atoms with Gasteiger partial charge in [0.25, 0.3) is 0 Å². The van der Waals surface area contributed by atoms with Crippen LogP contribution in [0.1, 0.15) is 12.5 Å². The van der Waals surface area contributed by atoms with Gasteiger partial charge in [0.05, 0.1) is 5.56 Å². The Labute approximate surface area is 144 Å². The lowest BCUT2D eigenvalue weighted by atomic mass is 10.2. The number of anilines is 3. The van der Waals surface area contributed by atoms with Gasteiger partial charge in [0.1, 0.15) is 5.82 Å². The first-order valence-corrected chi connectivity index (χ1v) is 8.20. The molecule has 1 aromatic heterocycles. The van der Waals surface area contributed by atoms with Crippen LogP contribution < -0.4 is 10.2 Å². The molecule has 1 aliphatic rings. The standard InChI is InChI=1S/C17H20F3N5/c1-2-24-9-11-25(12-10-24)16-21-8-7-15(23-16)22-14-5-3-13(4-6-14)17(18,19)20/h3-8H,2,9-12H2,1H3,(H,21,22,23). The Balaban J connectivity index is 1.68. The number of aromatic nitrogens is 2. The second-order valence-electron chi connectivity index (χ2n) is 5.86. The second kappa shape index (κ2) is 7.26.